The topological polar surface area (TPSA) is 64.9 Å². The van der Waals surface area contributed by atoms with E-state index >= 15 is 0 Å². The van der Waals surface area contributed by atoms with E-state index in [-0.39, 0.29) is 5.54 Å². The fourth-order valence-corrected chi connectivity index (χ4v) is 2.91. The van der Waals surface area contributed by atoms with Crippen LogP contribution in [0.25, 0.3) is 0 Å². The van der Waals surface area contributed by atoms with Crippen molar-refractivity contribution < 1.29 is 4.52 Å². The fraction of sp³-hybridized carbons (Fsp3) is 0.846. The predicted molar refractivity (Wildman–Crippen MR) is 64.2 cm³/mol. The van der Waals surface area contributed by atoms with Crippen LogP contribution in [-0.4, -0.2) is 10.1 Å². The van der Waals surface area contributed by atoms with E-state index < -0.39 is 0 Å². The number of hydrogen-bond donors (Lipinski definition) is 1. The van der Waals surface area contributed by atoms with Gasteiger partial charge >= 0.3 is 0 Å². The molecule has 4 nitrogen and oxygen atoms in total. The molecule has 1 aromatic heterocycles. The first-order valence-electron chi connectivity index (χ1n) is 6.78. The summed E-state index contributed by atoms with van der Waals surface area (Å²) in [4.78, 5) is 4.52. The summed E-state index contributed by atoms with van der Waals surface area (Å²) in [7, 11) is 0. The van der Waals surface area contributed by atoms with Crippen LogP contribution in [0.4, 0.5) is 0 Å². The molecule has 0 saturated heterocycles. The Morgan fingerprint density at radius 1 is 1.41 bits per heavy atom. The summed E-state index contributed by atoms with van der Waals surface area (Å²) in [5.74, 6) is 2.97. The first kappa shape index (κ1) is 11.2. The van der Waals surface area contributed by atoms with Crippen molar-refractivity contribution in [3.8, 4) is 0 Å². The molecule has 2 fully saturated rings. The van der Waals surface area contributed by atoms with Crippen molar-refractivity contribution in [2.24, 2.45) is 17.6 Å². The highest BCUT2D eigenvalue weighted by Crippen LogP contribution is 2.37. The van der Waals surface area contributed by atoms with Crippen LogP contribution < -0.4 is 5.73 Å². The third-order valence-electron chi connectivity index (χ3n) is 4.09. The highest BCUT2D eigenvalue weighted by molar-refractivity contribution is 5.05. The number of nitrogens with zero attached hydrogens (tertiary/aromatic N) is 2. The lowest BCUT2D eigenvalue weighted by atomic mass is 9.77. The van der Waals surface area contributed by atoms with Crippen LogP contribution in [0, 0.1) is 11.8 Å². The molecule has 2 atom stereocenters. The maximum atomic E-state index is 6.43. The van der Waals surface area contributed by atoms with Crippen LogP contribution in [0.15, 0.2) is 4.52 Å². The molecule has 17 heavy (non-hydrogen) atoms. The summed E-state index contributed by atoms with van der Waals surface area (Å²) in [6.45, 7) is 2.25. The van der Waals surface area contributed by atoms with Crippen molar-refractivity contribution in [2.45, 2.75) is 57.4 Å². The Balaban J connectivity index is 1.74. The first-order chi connectivity index (χ1) is 8.16. The molecule has 2 unspecified atom stereocenters. The number of nitrogens with two attached hydrogens (primary N) is 1. The molecule has 2 aliphatic rings. The van der Waals surface area contributed by atoms with Gasteiger partial charge in [0.25, 0.3) is 0 Å². The third kappa shape index (κ3) is 2.37. The van der Waals surface area contributed by atoms with E-state index in [4.69, 9.17) is 10.3 Å². The second kappa shape index (κ2) is 4.09. The fourth-order valence-electron chi connectivity index (χ4n) is 2.91. The summed E-state index contributed by atoms with van der Waals surface area (Å²) in [6, 6.07) is 0. The Hall–Kier alpha value is -0.900. The normalized spacial score (nSPS) is 33.9. The van der Waals surface area contributed by atoms with Gasteiger partial charge < -0.3 is 10.3 Å². The van der Waals surface area contributed by atoms with Gasteiger partial charge in [-0.3, -0.25) is 0 Å². The second-order valence-electron chi connectivity index (χ2n) is 6.02. The number of rotatable bonds is 3. The van der Waals surface area contributed by atoms with Crippen molar-refractivity contribution in [1.29, 1.82) is 0 Å². The van der Waals surface area contributed by atoms with Gasteiger partial charge in [0.05, 0.1) is 5.54 Å². The van der Waals surface area contributed by atoms with Crippen molar-refractivity contribution in [3.63, 3.8) is 0 Å². The Morgan fingerprint density at radius 2 is 2.24 bits per heavy atom. The average Bonchev–Trinajstić information content (AvgIpc) is 2.93. The Bertz CT molecular complexity index is 399. The molecule has 0 bridgehead atoms. The van der Waals surface area contributed by atoms with E-state index in [1.807, 2.05) is 0 Å². The zero-order valence-electron chi connectivity index (χ0n) is 10.5. The van der Waals surface area contributed by atoms with Crippen molar-refractivity contribution >= 4 is 0 Å². The lowest BCUT2D eigenvalue weighted by molar-refractivity contribution is 0.183. The van der Waals surface area contributed by atoms with Crippen LogP contribution in [0.1, 0.15) is 57.2 Å². The maximum absolute atomic E-state index is 6.43. The van der Waals surface area contributed by atoms with Gasteiger partial charge in [-0.05, 0) is 37.5 Å². The Morgan fingerprint density at radius 3 is 2.94 bits per heavy atom. The van der Waals surface area contributed by atoms with Gasteiger partial charge in [0, 0.05) is 6.42 Å². The third-order valence-corrected chi connectivity index (χ3v) is 4.09. The summed E-state index contributed by atoms with van der Waals surface area (Å²) >= 11 is 0. The van der Waals surface area contributed by atoms with Crippen LogP contribution in [-0.2, 0) is 12.0 Å². The molecule has 2 N–H and O–H groups in total. The van der Waals surface area contributed by atoms with E-state index in [0.717, 1.165) is 37.4 Å². The van der Waals surface area contributed by atoms with Gasteiger partial charge in [0.15, 0.2) is 5.82 Å². The molecule has 0 radical (unpaired) electrons. The molecular weight excluding hydrogens is 214 g/mol. The van der Waals surface area contributed by atoms with Crippen molar-refractivity contribution in [1.82, 2.24) is 10.1 Å². The smallest absolute Gasteiger partial charge is 0.246 e. The van der Waals surface area contributed by atoms with Gasteiger partial charge in [-0.15, -0.1) is 0 Å². The van der Waals surface area contributed by atoms with Crippen molar-refractivity contribution in [3.05, 3.63) is 11.7 Å². The molecule has 2 saturated carbocycles. The lowest BCUT2D eigenvalue weighted by Gasteiger charge is -2.33. The molecule has 2 aliphatic carbocycles. The molecule has 3 rings (SSSR count). The minimum Gasteiger partial charge on any atom is -0.337 e. The van der Waals surface area contributed by atoms with Gasteiger partial charge in [0.1, 0.15) is 0 Å². The summed E-state index contributed by atoms with van der Waals surface area (Å²) in [6.07, 6.45) is 7.97. The second-order valence-corrected chi connectivity index (χ2v) is 6.02. The Kier molecular flexibility index (Phi) is 2.69. The molecule has 4 heteroatoms. The molecule has 0 amide bonds. The molecule has 0 spiro atoms. The van der Waals surface area contributed by atoms with Gasteiger partial charge in [-0.1, -0.05) is 24.9 Å². The SMILES string of the molecule is CC1CCCC(N)(c2nc(CC3CC3)no2)C1. The molecule has 1 aromatic rings. The standard InChI is InChI=1S/C13H21N3O/c1-9-3-2-6-13(14,8-9)12-15-11(16-17-12)7-10-4-5-10/h9-10H,2-8,14H2,1H3. The van der Waals surface area contributed by atoms with Gasteiger partial charge in [-0.25, -0.2) is 0 Å². The highest BCUT2D eigenvalue weighted by atomic mass is 16.5. The lowest BCUT2D eigenvalue weighted by Crippen LogP contribution is -2.41. The predicted octanol–water partition coefficient (Wildman–Crippen LogP) is 2.39. The van der Waals surface area contributed by atoms with E-state index in [1.165, 1.54) is 19.3 Å². The molecular formula is C13H21N3O. The maximum Gasteiger partial charge on any atom is 0.246 e. The minimum absolute atomic E-state index is 0.369. The van der Waals surface area contributed by atoms with Crippen LogP contribution in [0.5, 0.6) is 0 Å². The first-order valence-corrected chi connectivity index (χ1v) is 6.78. The molecule has 94 valence electrons. The molecule has 0 aliphatic heterocycles. The Labute approximate surface area is 102 Å². The zero-order valence-corrected chi connectivity index (χ0v) is 10.5. The van der Waals surface area contributed by atoms with E-state index in [1.54, 1.807) is 0 Å². The van der Waals surface area contributed by atoms with Crippen LogP contribution in [0.2, 0.25) is 0 Å². The summed E-state index contributed by atoms with van der Waals surface area (Å²) < 4.78 is 5.40. The largest absolute Gasteiger partial charge is 0.337 e. The van der Waals surface area contributed by atoms with Crippen LogP contribution in [0.3, 0.4) is 0 Å². The van der Waals surface area contributed by atoms with E-state index in [2.05, 4.69) is 17.1 Å². The number of aromatic nitrogens is 2. The van der Waals surface area contributed by atoms with E-state index in [9.17, 15) is 0 Å². The van der Waals surface area contributed by atoms with E-state index in [0.29, 0.717) is 11.8 Å². The number of hydrogen-bond acceptors (Lipinski definition) is 4. The van der Waals surface area contributed by atoms with Crippen molar-refractivity contribution in [2.75, 3.05) is 0 Å². The molecule has 1 heterocycles. The van der Waals surface area contributed by atoms with Crippen LogP contribution >= 0.6 is 0 Å². The summed E-state index contributed by atoms with van der Waals surface area (Å²) in [5, 5.41) is 4.08. The summed E-state index contributed by atoms with van der Waals surface area (Å²) in [5.41, 5.74) is 6.07. The minimum atomic E-state index is -0.369. The zero-order chi connectivity index (χ0) is 11.9. The molecule has 0 aromatic carbocycles. The highest BCUT2D eigenvalue weighted by Gasteiger charge is 2.38. The van der Waals surface area contributed by atoms with Gasteiger partial charge in [0.2, 0.25) is 5.89 Å². The average molecular weight is 235 g/mol. The quantitative estimate of drug-likeness (QED) is 0.873. The van der Waals surface area contributed by atoms with Gasteiger partial charge in [-0.2, -0.15) is 4.98 Å². The monoisotopic (exact) mass is 235 g/mol.